The van der Waals surface area contributed by atoms with Gasteiger partial charge in [-0.05, 0) is 12.8 Å². The van der Waals surface area contributed by atoms with Gasteiger partial charge in [-0.15, -0.1) is 0 Å². The number of aryl methyl sites for hydroxylation is 2. The SMILES string of the molecule is CCc1nn(C)c(CC)c1CNC(=NC)N1CCN(Cc2ccon2)CC1. The lowest BCUT2D eigenvalue weighted by Gasteiger charge is -2.36. The average molecular weight is 374 g/mol. The molecule has 2 aromatic rings. The fourth-order valence-electron chi connectivity index (χ4n) is 3.76. The minimum atomic E-state index is 0.770. The van der Waals surface area contributed by atoms with E-state index in [2.05, 4.69) is 44.2 Å². The van der Waals surface area contributed by atoms with Gasteiger partial charge in [0.2, 0.25) is 0 Å². The van der Waals surface area contributed by atoms with Gasteiger partial charge in [0.05, 0.1) is 11.4 Å². The summed E-state index contributed by atoms with van der Waals surface area (Å²) in [5.41, 5.74) is 4.78. The van der Waals surface area contributed by atoms with Crippen molar-refractivity contribution < 1.29 is 4.52 Å². The summed E-state index contributed by atoms with van der Waals surface area (Å²) in [6, 6.07) is 1.93. The van der Waals surface area contributed by atoms with Crippen LogP contribution in [-0.4, -0.2) is 63.9 Å². The number of guanidine groups is 1. The minimum Gasteiger partial charge on any atom is -0.364 e. The molecule has 3 heterocycles. The maximum atomic E-state index is 4.92. The van der Waals surface area contributed by atoms with E-state index in [-0.39, 0.29) is 0 Å². The Labute approximate surface area is 161 Å². The van der Waals surface area contributed by atoms with Crippen LogP contribution in [0.25, 0.3) is 0 Å². The van der Waals surface area contributed by atoms with Gasteiger partial charge in [0, 0.05) is 70.7 Å². The van der Waals surface area contributed by atoms with Crippen LogP contribution in [0, 0.1) is 0 Å². The molecule has 1 N–H and O–H groups in total. The van der Waals surface area contributed by atoms with Gasteiger partial charge in [-0.3, -0.25) is 14.6 Å². The highest BCUT2D eigenvalue weighted by Crippen LogP contribution is 2.15. The first kappa shape index (κ1) is 19.4. The molecule has 1 aliphatic rings. The lowest BCUT2D eigenvalue weighted by Crippen LogP contribution is -2.52. The molecule has 148 valence electrons. The summed E-state index contributed by atoms with van der Waals surface area (Å²) >= 11 is 0. The minimum absolute atomic E-state index is 0.770. The van der Waals surface area contributed by atoms with Gasteiger partial charge in [0.15, 0.2) is 5.96 Å². The molecule has 0 aromatic carbocycles. The molecule has 1 saturated heterocycles. The van der Waals surface area contributed by atoms with Crippen molar-refractivity contribution in [1.82, 2.24) is 30.1 Å². The highest BCUT2D eigenvalue weighted by molar-refractivity contribution is 5.80. The Morgan fingerprint density at radius 1 is 1.22 bits per heavy atom. The van der Waals surface area contributed by atoms with Gasteiger partial charge in [0.1, 0.15) is 6.26 Å². The monoisotopic (exact) mass is 373 g/mol. The standard InChI is InChI=1S/C19H31N7O/c1-5-17-16(18(6-2)24(4)22-17)13-21-19(20-3)26-10-8-25(9-11-26)14-15-7-12-27-23-15/h7,12H,5-6,8-11,13-14H2,1-4H3,(H,20,21). The third kappa shape index (κ3) is 4.50. The summed E-state index contributed by atoms with van der Waals surface area (Å²) in [6.45, 7) is 9.83. The molecule has 0 unspecified atom stereocenters. The molecular formula is C19H31N7O. The van der Waals surface area contributed by atoms with E-state index in [9.17, 15) is 0 Å². The molecule has 0 amide bonds. The fourth-order valence-corrected chi connectivity index (χ4v) is 3.76. The summed E-state index contributed by atoms with van der Waals surface area (Å²) in [4.78, 5) is 9.23. The smallest absolute Gasteiger partial charge is 0.194 e. The van der Waals surface area contributed by atoms with Gasteiger partial charge in [0.25, 0.3) is 0 Å². The van der Waals surface area contributed by atoms with Gasteiger partial charge in [-0.25, -0.2) is 0 Å². The van der Waals surface area contributed by atoms with Crippen LogP contribution in [0.15, 0.2) is 21.8 Å². The zero-order chi connectivity index (χ0) is 19.2. The molecule has 27 heavy (non-hydrogen) atoms. The van der Waals surface area contributed by atoms with Crippen molar-refractivity contribution in [3.8, 4) is 0 Å². The largest absolute Gasteiger partial charge is 0.364 e. The second kappa shape index (κ2) is 9.03. The van der Waals surface area contributed by atoms with Gasteiger partial charge in [-0.1, -0.05) is 19.0 Å². The van der Waals surface area contributed by atoms with Crippen molar-refractivity contribution >= 4 is 5.96 Å². The maximum absolute atomic E-state index is 4.92. The molecule has 0 saturated carbocycles. The number of hydrogen-bond donors (Lipinski definition) is 1. The van der Waals surface area contributed by atoms with Crippen LogP contribution in [0.5, 0.6) is 0 Å². The summed E-state index contributed by atoms with van der Waals surface area (Å²) in [5.74, 6) is 0.962. The lowest BCUT2D eigenvalue weighted by molar-refractivity contribution is 0.169. The third-order valence-corrected chi connectivity index (χ3v) is 5.21. The second-order valence-corrected chi connectivity index (χ2v) is 6.86. The van der Waals surface area contributed by atoms with Crippen LogP contribution < -0.4 is 5.32 Å². The van der Waals surface area contributed by atoms with E-state index < -0.39 is 0 Å². The number of aliphatic imine (C=N–C) groups is 1. The third-order valence-electron chi connectivity index (χ3n) is 5.21. The number of piperazine rings is 1. The number of nitrogens with one attached hydrogen (secondary N) is 1. The van der Waals surface area contributed by atoms with Gasteiger partial charge >= 0.3 is 0 Å². The van der Waals surface area contributed by atoms with Gasteiger partial charge in [-0.2, -0.15) is 5.10 Å². The second-order valence-electron chi connectivity index (χ2n) is 6.86. The van der Waals surface area contributed by atoms with E-state index in [1.807, 2.05) is 24.8 Å². The summed E-state index contributed by atoms with van der Waals surface area (Å²) < 4.78 is 6.94. The van der Waals surface area contributed by atoms with E-state index in [4.69, 9.17) is 4.52 Å². The normalized spacial score (nSPS) is 16.1. The summed E-state index contributed by atoms with van der Waals surface area (Å²) in [5, 5.41) is 12.2. The van der Waals surface area contributed by atoms with Crippen molar-refractivity contribution in [2.24, 2.45) is 12.0 Å². The first-order valence-electron chi connectivity index (χ1n) is 9.77. The van der Waals surface area contributed by atoms with Crippen LogP contribution in [0.1, 0.15) is 36.5 Å². The predicted molar refractivity (Wildman–Crippen MR) is 106 cm³/mol. The first-order chi connectivity index (χ1) is 13.2. The van der Waals surface area contributed by atoms with E-state index >= 15 is 0 Å². The van der Waals surface area contributed by atoms with E-state index in [0.29, 0.717) is 0 Å². The van der Waals surface area contributed by atoms with Crippen LogP contribution in [0.4, 0.5) is 0 Å². The van der Waals surface area contributed by atoms with Gasteiger partial charge < -0.3 is 14.7 Å². The topological polar surface area (TPSA) is 74.7 Å². The van der Waals surface area contributed by atoms with E-state index in [1.165, 1.54) is 17.0 Å². The molecule has 8 heteroatoms. The Morgan fingerprint density at radius 3 is 2.59 bits per heavy atom. The van der Waals surface area contributed by atoms with E-state index in [1.54, 1.807) is 6.26 Å². The quantitative estimate of drug-likeness (QED) is 0.610. The average Bonchev–Trinajstić information content (AvgIpc) is 3.30. The molecule has 1 fully saturated rings. The highest BCUT2D eigenvalue weighted by atomic mass is 16.5. The Balaban J connectivity index is 1.56. The number of hydrogen-bond acceptors (Lipinski definition) is 5. The zero-order valence-electron chi connectivity index (χ0n) is 16.9. The summed E-state index contributed by atoms with van der Waals surface area (Å²) in [7, 11) is 3.89. The van der Waals surface area contributed by atoms with Crippen LogP contribution in [0.3, 0.4) is 0 Å². The predicted octanol–water partition coefficient (Wildman–Crippen LogP) is 1.43. The van der Waals surface area contributed by atoms with Crippen LogP contribution >= 0.6 is 0 Å². The number of rotatable bonds is 6. The number of aromatic nitrogens is 3. The van der Waals surface area contributed by atoms with Crippen molar-refractivity contribution in [2.75, 3.05) is 33.2 Å². The number of nitrogens with zero attached hydrogens (tertiary/aromatic N) is 6. The highest BCUT2D eigenvalue weighted by Gasteiger charge is 2.21. The first-order valence-corrected chi connectivity index (χ1v) is 9.77. The van der Waals surface area contributed by atoms with E-state index in [0.717, 1.165) is 63.8 Å². The van der Waals surface area contributed by atoms with Crippen LogP contribution in [-0.2, 0) is 33.0 Å². The molecule has 1 aliphatic heterocycles. The van der Waals surface area contributed by atoms with Crippen molar-refractivity contribution in [3.05, 3.63) is 35.0 Å². The molecule has 0 aliphatic carbocycles. The molecule has 0 spiro atoms. The van der Waals surface area contributed by atoms with Crippen LogP contribution in [0.2, 0.25) is 0 Å². The van der Waals surface area contributed by atoms with Crippen molar-refractivity contribution in [2.45, 2.75) is 39.8 Å². The molecule has 0 atom stereocenters. The lowest BCUT2D eigenvalue weighted by atomic mass is 10.1. The molecule has 0 radical (unpaired) electrons. The Bertz CT molecular complexity index is 742. The molecule has 2 aromatic heterocycles. The Kier molecular flexibility index (Phi) is 6.49. The Morgan fingerprint density at radius 2 is 2.00 bits per heavy atom. The fraction of sp³-hybridized carbons (Fsp3) is 0.632. The molecule has 3 rings (SSSR count). The molecule has 0 bridgehead atoms. The zero-order valence-corrected chi connectivity index (χ0v) is 16.9. The molecule has 8 nitrogen and oxygen atoms in total. The summed E-state index contributed by atoms with van der Waals surface area (Å²) in [6.07, 6.45) is 3.56. The van der Waals surface area contributed by atoms with Crippen molar-refractivity contribution in [1.29, 1.82) is 0 Å². The van der Waals surface area contributed by atoms with Crippen molar-refractivity contribution in [3.63, 3.8) is 0 Å². The maximum Gasteiger partial charge on any atom is 0.194 e. The Hall–Kier alpha value is -2.35. The molecular weight excluding hydrogens is 342 g/mol.